The Hall–Kier alpha value is -1.95. The molecule has 1 N–H and O–H groups in total. The van der Waals surface area contributed by atoms with Crippen molar-refractivity contribution in [2.45, 2.75) is 6.92 Å². The van der Waals surface area contributed by atoms with Crippen LogP contribution in [0.15, 0.2) is 24.8 Å². The number of imidazole rings is 1. The summed E-state index contributed by atoms with van der Waals surface area (Å²) in [4.78, 5) is 15.1. The van der Waals surface area contributed by atoms with Crippen LogP contribution in [0.3, 0.4) is 0 Å². The Morgan fingerprint density at radius 3 is 2.61 bits per heavy atom. The highest BCUT2D eigenvalue weighted by atomic mass is 15.2. The molecule has 2 aromatic heterocycles. The second-order valence-electron chi connectivity index (χ2n) is 4.32. The van der Waals surface area contributed by atoms with Crippen molar-refractivity contribution < 1.29 is 0 Å². The normalized spacial score (nSPS) is 15.9. The van der Waals surface area contributed by atoms with E-state index in [1.807, 2.05) is 23.8 Å². The molecule has 6 nitrogen and oxygen atoms in total. The predicted octanol–water partition coefficient (Wildman–Crippen LogP) is 0.380. The lowest BCUT2D eigenvalue weighted by atomic mass is 10.3. The Labute approximate surface area is 106 Å². The Morgan fingerprint density at radius 1 is 1.11 bits per heavy atom. The smallest absolute Gasteiger partial charge is 0.143 e. The first-order chi connectivity index (χ1) is 8.84. The number of hydrogen-bond acceptors (Lipinski definition) is 5. The zero-order chi connectivity index (χ0) is 12.4. The Balaban J connectivity index is 1.91. The molecule has 1 saturated heterocycles. The molecule has 0 aromatic carbocycles. The first-order valence-electron chi connectivity index (χ1n) is 6.12. The van der Waals surface area contributed by atoms with Crippen molar-refractivity contribution in [1.29, 1.82) is 0 Å². The van der Waals surface area contributed by atoms with Gasteiger partial charge in [-0.2, -0.15) is 0 Å². The summed E-state index contributed by atoms with van der Waals surface area (Å²) < 4.78 is 1.97. The SMILES string of the molecule is Cc1nccn1-c1cc(N2CCNCC2)ncn1. The molecule has 0 spiro atoms. The van der Waals surface area contributed by atoms with Crippen molar-refractivity contribution in [2.24, 2.45) is 0 Å². The minimum Gasteiger partial charge on any atom is -0.354 e. The van der Waals surface area contributed by atoms with E-state index in [2.05, 4.69) is 25.2 Å². The van der Waals surface area contributed by atoms with Crippen LogP contribution < -0.4 is 10.2 Å². The summed E-state index contributed by atoms with van der Waals surface area (Å²) in [5, 5.41) is 3.34. The molecule has 1 aliphatic rings. The molecular formula is C12H16N6. The third-order valence-electron chi connectivity index (χ3n) is 3.15. The largest absolute Gasteiger partial charge is 0.354 e. The lowest BCUT2D eigenvalue weighted by Gasteiger charge is -2.28. The predicted molar refractivity (Wildman–Crippen MR) is 69.0 cm³/mol. The fourth-order valence-corrected chi connectivity index (χ4v) is 2.16. The molecule has 0 atom stereocenters. The van der Waals surface area contributed by atoms with Gasteiger partial charge in [0.05, 0.1) is 0 Å². The number of nitrogens with one attached hydrogen (secondary N) is 1. The van der Waals surface area contributed by atoms with Gasteiger partial charge in [0.25, 0.3) is 0 Å². The Morgan fingerprint density at radius 2 is 1.89 bits per heavy atom. The fraction of sp³-hybridized carbons (Fsp3) is 0.417. The quantitative estimate of drug-likeness (QED) is 0.827. The molecule has 3 rings (SSSR count). The van der Waals surface area contributed by atoms with Crippen molar-refractivity contribution in [1.82, 2.24) is 24.8 Å². The van der Waals surface area contributed by atoms with E-state index in [0.717, 1.165) is 43.6 Å². The molecular weight excluding hydrogens is 228 g/mol. The van der Waals surface area contributed by atoms with Crippen LogP contribution in [0.1, 0.15) is 5.82 Å². The Kier molecular flexibility index (Phi) is 2.93. The molecule has 6 heteroatoms. The molecule has 18 heavy (non-hydrogen) atoms. The summed E-state index contributed by atoms with van der Waals surface area (Å²) in [6.45, 7) is 5.94. The average Bonchev–Trinajstić information content (AvgIpc) is 2.86. The van der Waals surface area contributed by atoms with Gasteiger partial charge in [-0.1, -0.05) is 0 Å². The number of piperazine rings is 1. The molecule has 1 fully saturated rings. The second kappa shape index (κ2) is 4.73. The van der Waals surface area contributed by atoms with E-state index in [1.54, 1.807) is 12.5 Å². The summed E-state index contributed by atoms with van der Waals surface area (Å²) in [5.41, 5.74) is 0. The zero-order valence-electron chi connectivity index (χ0n) is 10.4. The average molecular weight is 244 g/mol. The highest BCUT2D eigenvalue weighted by Crippen LogP contribution is 2.15. The van der Waals surface area contributed by atoms with Crippen LogP contribution in [-0.4, -0.2) is 45.7 Å². The van der Waals surface area contributed by atoms with Crippen LogP contribution in [0.2, 0.25) is 0 Å². The van der Waals surface area contributed by atoms with Crippen molar-refractivity contribution in [3.63, 3.8) is 0 Å². The first kappa shape index (κ1) is 11.2. The first-order valence-corrected chi connectivity index (χ1v) is 6.12. The van der Waals surface area contributed by atoms with E-state index in [4.69, 9.17) is 0 Å². The number of rotatable bonds is 2. The van der Waals surface area contributed by atoms with Gasteiger partial charge in [0.2, 0.25) is 0 Å². The van der Waals surface area contributed by atoms with Crippen LogP contribution in [0.5, 0.6) is 0 Å². The molecule has 0 aliphatic carbocycles. The van der Waals surface area contributed by atoms with Gasteiger partial charge in [-0.3, -0.25) is 4.57 Å². The molecule has 2 aromatic rings. The van der Waals surface area contributed by atoms with Gasteiger partial charge in [-0.15, -0.1) is 0 Å². The standard InChI is InChI=1S/C12H16N6/c1-10-14-4-7-18(10)12-8-11(15-9-16-12)17-5-2-13-3-6-17/h4,7-9,13H,2-3,5-6H2,1H3. The molecule has 1 aliphatic heterocycles. The number of aromatic nitrogens is 4. The van der Waals surface area contributed by atoms with E-state index in [0.29, 0.717) is 0 Å². The van der Waals surface area contributed by atoms with E-state index in [1.165, 1.54) is 0 Å². The minimum atomic E-state index is 0.869. The zero-order valence-corrected chi connectivity index (χ0v) is 10.4. The fourth-order valence-electron chi connectivity index (χ4n) is 2.16. The van der Waals surface area contributed by atoms with Crippen molar-refractivity contribution in [2.75, 3.05) is 31.1 Å². The van der Waals surface area contributed by atoms with Gasteiger partial charge in [0.15, 0.2) is 0 Å². The highest BCUT2D eigenvalue weighted by molar-refractivity contribution is 5.44. The van der Waals surface area contributed by atoms with Gasteiger partial charge in [0, 0.05) is 44.6 Å². The lowest BCUT2D eigenvalue weighted by molar-refractivity contribution is 0.584. The van der Waals surface area contributed by atoms with Crippen LogP contribution in [0.4, 0.5) is 5.82 Å². The summed E-state index contributed by atoms with van der Waals surface area (Å²) in [7, 11) is 0. The number of nitrogens with zero attached hydrogens (tertiary/aromatic N) is 5. The molecule has 0 radical (unpaired) electrons. The van der Waals surface area contributed by atoms with E-state index >= 15 is 0 Å². The van der Waals surface area contributed by atoms with Gasteiger partial charge in [0.1, 0.15) is 23.8 Å². The summed E-state index contributed by atoms with van der Waals surface area (Å²) in [5.74, 6) is 2.78. The molecule has 0 bridgehead atoms. The van der Waals surface area contributed by atoms with E-state index < -0.39 is 0 Å². The molecule has 0 saturated carbocycles. The van der Waals surface area contributed by atoms with E-state index in [-0.39, 0.29) is 0 Å². The van der Waals surface area contributed by atoms with Crippen LogP contribution in [-0.2, 0) is 0 Å². The summed E-state index contributed by atoms with van der Waals surface area (Å²) in [6.07, 6.45) is 5.31. The number of hydrogen-bond donors (Lipinski definition) is 1. The van der Waals surface area contributed by atoms with Crippen molar-refractivity contribution >= 4 is 5.82 Å². The van der Waals surface area contributed by atoms with Crippen molar-refractivity contribution in [3.8, 4) is 5.82 Å². The van der Waals surface area contributed by atoms with Crippen LogP contribution in [0.25, 0.3) is 5.82 Å². The molecule has 0 unspecified atom stereocenters. The van der Waals surface area contributed by atoms with Gasteiger partial charge >= 0.3 is 0 Å². The van der Waals surface area contributed by atoms with Crippen LogP contribution in [0, 0.1) is 6.92 Å². The third kappa shape index (κ3) is 2.06. The maximum atomic E-state index is 4.36. The molecule has 0 amide bonds. The second-order valence-corrected chi connectivity index (χ2v) is 4.32. The minimum absolute atomic E-state index is 0.869. The number of anilines is 1. The van der Waals surface area contributed by atoms with Gasteiger partial charge < -0.3 is 10.2 Å². The van der Waals surface area contributed by atoms with Gasteiger partial charge in [-0.25, -0.2) is 15.0 Å². The van der Waals surface area contributed by atoms with Crippen LogP contribution >= 0.6 is 0 Å². The van der Waals surface area contributed by atoms with Crippen molar-refractivity contribution in [3.05, 3.63) is 30.6 Å². The van der Waals surface area contributed by atoms with E-state index in [9.17, 15) is 0 Å². The number of aryl methyl sites for hydroxylation is 1. The summed E-state index contributed by atoms with van der Waals surface area (Å²) >= 11 is 0. The van der Waals surface area contributed by atoms with Gasteiger partial charge in [-0.05, 0) is 6.92 Å². The monoisotopic (exact) mass is 244 g/mol. The topological polar surface area (TPSA) is 58.9 Å². The highest BCUT2D eigenvalue weighted by Gasteiger charge is 2.13. The maximum absolute atomic E-state index is 4.36. The third-order valence-corrected chi connectivity index (χ3v) is 3.15. The summed E-state index contributed by atoms with van der Waals surface area (Å²) in [6, 6.07) is 2.01. The lowest BCUT2D eigenvalue weighted by Crippen LogP contribution is -2.43. The molecule has 3 heterocycles. The molecule has 94 valence electrons. The Bertz CT molecular complexity index is 529. The maximum Gasteiger partial charge on any atom is 0.143 e.